The largest absolute Gasteiger partial charge is 0.545 e. The van der Waals surface area contributed by atoms with Crippen molar-refractivity contribution in [2.45, 2.75) is 354 Å². The van der Waals surface area contributed by atoms with Crippen LogP contribution in [0.2, 0.25) is 0 Å². The highest BCUT2D eigenvalue weighted by Gasteiger charge is 2.22. The molecule has 9 heteroatoms. The Bertz CT molecular complexity index is 1720. The number of carbonyl (C=O) groups excluding carboxylic acids is 3. The maximum Gasteiger partial charge on any atom is 0.306 e. The quantitative estimate of drug-likeness (QED) is 0.0195. The Morgan fingerprint density at radius 3 is 0.966 bits per heavy atom. The number of carbonyl (C=O) groups is 3. The van der Waals surface area contributed by atoms with Crippen LogP contribution in [0.15, 0.2) is 85.1 Å². The summed E-state index contributed by atoms with van der Waals surface area (Å²) in [6, 6.07) is 0. The Hall–Kier alpha value is -3.53. The minimum absolute atomic E-state index is 0.146. The normalized spacial score (nSPS) is 13.1. The smallest absolute Gasteiger partial charge is 0.306 e. The van der Waals surface area contributed by atoms with Crippen LogP contribution >= 0.6 is 0 Å². The third kappa shape index (κ3) is 69.9. The van der Waals surface area contributed by atoms with Crippen molar-refractivity contribution < 1.29 is 42.9 Å². The molecular weight excluding hydrogens is 1090 g/mol. The number of ether oxygens (including phenoxy) is 4. The lowest BCUT2D eigenvalue weighted by Crippen LogP contribution is -2.44. The predicted molar refractivity (Wildman–Crippen MR) is 375 cm³/mol. The van der Waals surface area contributed by atoms with E-state index in [0.717, 1.165) is 89.9 Å². The van der Waals surface area contributed by atoms with Gasteiger partial charge in [-0.25, -0.2) is 0 Å². The molecule has 0 aliphatic carbocycles. The maximum atomic E-state index is 13.0. The number of carboxylic acids is 1. The number of hydrogen-bond donors (Lipinski definition) is 0. The molecule has 0 fully saturated rings. The molecule has 0 aliphatic rings. The van der Waals surface area contributed by atoms with Crippen LogP contribution in [0, 0.1) is 0 Å². The molecule has 2 atom stereocenters. The Balaban J connectivity index is 4.08. The second-order valence-corrected chi connectivity index (χ2v) is 26.2. The zero-order chi connectivity index (χ0) is 64.0. The lowest BCUT2D eigenvalue weighted by molar-refractivity contribution is -0.870. The van der Waals surface area contributed by atoms with Crippen molar-refractivity contribution in [1.82, 2.24) is 0 Å². The van der Waals surface area contributed by atoms with E-state index in [2.05, 4.69) is 98.9 Å². The van der Waals surface area contributed by atoms with E-state index < -0.39 is 24.3 Å². The molecule has 0 saturated carbocycles. The van der Waals surface area contributed by atoms with Crippen LogP contribution in [0.3, 0.4) is 0 Å². The number of rotatable bonds is 69. The van der Waals surface area contributed by atoms with Gasteiger partial charge >= 0.3 is 11.9 Å². The first-order valence-corrected chi connectivity index (χ1v) is 37.2. The molecule has 0 N–H and O–H groups in total. The first-order valence-electron chi connectivity index (χ1n) is 37.2. The predicted octanol–water partition coefficient (Wildman–Crippen LogP) is 22.1. The van der Waals surface area contributed by atoms with E-state index in [9.17, 15) is 19.5 Å². The van der Waals surface area contributed by atoms with Gasteiger partial charge in [-0.2, -0.15) is 0 Å². The van der Waals surface area contributed by atoms with Crippen molar-refractivity contribution in [3.63, 3.8) is 0 Å². The Morgan fingerprint density at radius 1 is 0.352 bits per heavy atom. The SMILES string of the molecule is CC/C=C\C/C=C\C/C=C\C/C=C\C/C=C\C/C=C\C/C=C\CCCCCCCCCCCCCC(=O)OC(COC(=O)CCCCCCCCCCCCCCCCCCCCCCCCCCCCCCCC)COC(OCC[N+](C)(C)C)C(=O)[O-]. The molecule has 0 amide bonds. The number of carboxylic acid groups (broad SMARTS) is 1. The second kappa shape index (κ2) is 69.4. The molecule has 0 bridgehead atoms. The van der Waals surface area contributed by atoms with Crippen LogP contribution in [0.25, 0.3) is 0 Å². The fraction of sp³-hybridized carbons (Fsp3) is 0.785. The molecule has 0 radical (unpaired) electrons. The van der Waals surface area contributed by atoms with Crippen molar-refractivity contribution >= 4 is 17.9 Å². The summed E-state index contributed by atoms with van der Waals surface area (Å²) in [5, 5.41) is 11.8. The van der Waals surface area contributed by atoms with Gasteiger partial charge < -0.3 is 33.3 Å². The third-order valence-corrected chi connectivity index (χ3v) is 16.4. The van der Waals surface area contributed by atoms with E-state index in [1.165, 1.54) is 218 Å². The van der Waals surface area contributed by atoms with Gasteiger partial charge in [-0.05, 0) is 70.6 Å². The number of nitrogens with zero attached hydrogens (tertiary/aromatic N) is 1. The first-order chi connectivity index (χ1) is 43.1. The Kier molecular flexibility index (Phi) is 66.6. The molecule has 88 heavy (non-hydrogen) atoms. The van der Waals surface area contributed by atoms with E-state index in [0.29, 0.717) is 23.9 Å². The number of unbranched alkanes of at least 4 members (excludes halogenated alkanes) is 40. The molecular formula is C79H141NO8. The van der Waals surface area contributed by atoms with Crippen molar-refractivity contribution in [1.29, 1.82) is 0 Å². The average molecular weight is 1230 g/mol. The van der Waals surface area contributed by atoms with Crippen molar-refractivity contribution in [3.05, 3.63) is 85.1 Å². The molecule has 0 aromatic carbocycles. The van der Waals surface area contributed by atoms with Gasteiger partial charge in [-0.3, -0.25) is 9.59 Å². The third-order valence-electron chi connectivity index (χ3n) is 16.4. The van der Waals surface area contributed by atoms with Gasteiger partial charge in [0, 0.05) is 12.8 Å². The van der Waals surface area contributed by atoms with Crippen LogP contribution in [-0.4, -0.2) is 82.3 Å². The zero-order valence-corrected chi connectivity index (χ0v) is 58.3. The number of allylic oxidation sites excluding steroid dienone is 14. The minimum Gasteiger partial charge on any atom is -0.545 e. The fourth-order valence-corrected chi connectivity index (χ4v) is 10.8. The summed E-state index contributed by atoms with van der Waals surface area (Å²) in [5.41, 5.74) is 0. The lowest BCUT2D eigenvalue weighted by atomic mass is 10.0. The molecule has 0 aromatic rings. The van der Waals surface area contributed by atoms with E-state index in [4.69, 9.17) is 18.9 Å². The highest BCUT2D eigenvalue weighted by molar-refractivity contribution is 5.70. The summed E-state index contributed by atoms with van der Waals surface area (Å²) in [6.45, 7) is 4.68. The van der Waals surface area contributed by atoms with Crippen LogP contribution in [-0.2, 0) is 33.3 Å². The molecule has 0 spiro atoms. The van der Waals surface area contributed by atoms with E-state index >= 15 is 0 Å². The molecule has 2 unspecified atom stereocenters. The van der Waals surface area contributed by atoms with Crippen LogP contribution in [0.4, 0.5) is 0 Å². The highest BCUT2D eigenvalue weighted by Crippen LogP contribution is 2.19. The van der Waals surface area contributed by atoms with Gasteiger partial charge in [0.1, 0.15) is 13.2 Å². The summed E-state index contributed by atoms with van der Waals surface area (Å²) in [5.74, 6) is -2.27. The van der Waals surface area contributed by atoms with E-state index in [1.807, 2.05) is 21.1 Å². The molecule has 0 aromatic heterocycles. The van der Waals surface area contributed by atoms with Crippen LogP contribution in [0.5, 0.6) is 0 Å². The van der Waals surface area contributed by atoms with Crippen LogP contribution in [0.1, 0.15) is 341 Å². The fourth-order valence-electron chi connectivity index (χ4n) is 10.8. The summed E-state index contributed by atoms with van der Waals surface area (Å²) in [4.78, 5) is 37.5. The Morgan fingerprint density at radius 2 is 0.648 bits per heavy atom. The summed E-state index contributed by atoms with van der Waals surface area (Å²) < 4.78 is 22.8. The maximum absolute atomic E-state index is 13.0. The average Bonchev–Trinajstić information content (AvgIpc) is 3.62. The first kappa shape index (κ1) is 84.5. The van der Waals surface area contributed by atoms with Crippen molar-refractivity contribution in [2.24, 2.45) is 0 Å². The zero-order valence-electron chi connectivity index (χ0n) is 58.3. The molecule has 0 rings (SSSR count). The van der Waals surface area contributed by atoms with E-state index in [-0.39, 0.29) is 32.2 Å². The van der Waals surface area contributed by atoms with Gasteiger partial charge in [-0.1, -0.05) is 343 Å². The van der Waals surface area contributed by atoms with Crippen LogP contribution < -0.4 is 5.11 Å². The molecule has 9 nitrogen and oxygen atoms in total. The molecule has 0 saturated heterocycles. The minimum atomic E-state index is -1.63. The molecule has 510 valence electrons. The molecule has 0 aliphatic heterocycles. The number of likely N-dealkylation sites (N-methyl/N-ethyl adjacent to an activating group) is 1. The van der Waals surface area contributed by atoms with Gasteiger partial charge in [0.15, 0.2) is 12.4 Å². The lowest BCUT2D eigenvalue weighted by Gasteiger charge is -2.26. The second-order valence-electron chi connectivity index (χ2n) is 26.2. The summed E-state index contributed by atoms with van der Waals surface area (Å²) in [6.07, 6.45) is 91.1. The molecule has 0 heterocycles. The Labute approximate surface area is 544 Å². The van der Waals surface area contributed by atoms with Gasteiger partial charge in [0.25, 0.3) is 0 Å². The number of aliphatic carboxylic acids is 1. The summed E-state index contributed by atoms with van der Waals surface area (Å²) in [7, 11) is 5.94. The van der Waals surface area contributed by atoms with Crippen molar-refractivity contribution in [3.8, 4) is 0 Å². The standard InChI is InChI=1S/C79H141NO8/c1-6-8-10-12-14-16-18-20-22-24-26-28-30-32-34-36-38-39-40-42-44-46-48-50-52-54-56-58-60-62-64-66-68-70-77(82)88-75(74-87-79(78(83)84)85-72-71-80(3,4)5)73-86-76(81)69-67-65-63-61-59-57-55-53-51-49-47-45-43-41-37-35-33-31-29-27-25-23-21-19-17-15-13-11-9-7-2/h8,10,14,16,20,22,26,28,32,34,38-39,42,44,75,79H,6-7,9,11-13,15,17-19,21,23-25,27,29-31,33,35-37,40-41,43,45-74H2,1-5H3/b10-8-,16-14-,22-20-,28-26-,34-32-,39-38-,44-42-. The number of quaternary nitrogens is 1. The summed E-state index contributed by atoms with van der Waals surface area (Å²) >= 11 is 0. The number of hydrogen-bond acceptors (Lipinski definition) is 8. The van der Waals surface area contributed by atoms with E-state index in [1.54, 1.807) is 0 Å². The van der Waals surface area contributed by atoms with Gasteiger partial charge in [-0.15, -0.1) is 0 Å². The monoisotopic (exact) mass is 1230 g/mol. The topological polar surface area (TPSA) is 111 Å². The van der Waals surface area contributed by atoms with Gasteiger partial charge in [0.2, 0.25) is 0 Å². The van der Waals surface area contributed by atoms with Crippen molar-refractivity contribution in [2.75, 3.05) is 47.5 Å². The number of esters is 2. The highest BCUT2D eigenvalue weighted by atomic mass is 16.7. The van der Waals surface area contributed by atoms with Gasteiger partial charge in [0.05, 0.1) is 40.3 Å².